The van der Waals surface area contributed by atoms with E-state index < -0.39 is 75.6 Å². The monoisotopic (exact) mass is 1180 g/mol. The topological polar surface area (TPSA) is 408 Å². The molecule has 0 unspecified atom stereocenters. The van der Waals surface area contributed by atoms with Crippen LogP contribution in [0.2, 0.25) is 15.3 Å². The van der Waals surface area contributed by atoms with E-state index in [0.29, 0.717) is 16.6 Å². The Kier molecular flexibility index (Phi) is 24.8. The van der Waals surface area contributed by atoms with Gasteiger partial charge in [-0.2, -0.15) is 46.8 Å². The molecule has 0 saturated heterocycles. The van der Waals surface area contributed by atoms with Crippen molar-refractivity contribution in [3.8, 4) is 17.4 Å². The van der Waals surface area contributed by atoms with E-state index in [1.54, 1.807) is 4.72 Å². The van der Waals surface area contributed by atoms with Crippen molar-refractivity contribution >= 4 is 104 Å². The van der Waals surface area contributed by atoms with Crippen molar-refractivity contribution in [3.05, 3.63) is 73.7 Å². The molecule has 1 aromatic carbocycles. The minimum absolute atomic E-state index is 0.0257. The number of amides is 3. The third-order valence-electron chi connectivity index (χ3n) is 7.90. The molecule has 0 aliphatic rings. The van der Waals surface area contributed by atoms with Gasteiger partial charge in [0.05, 0.1) is 66.4 Å². The molecule has 0 atom stereocenters. The molecule has 38 heteroatoms. The van der Waals surface area contributed by atoms with Crippen molar-refractivity contribution in [2.24, 2.45) is 0 Å². The number of rotatable bonds is 18. The maximum Gasteiger partial charge on any atom is 0.355 e. The Morgan fingerprint density at radius 2 is 1.52 bits per heavy atom. The van der Waals surface area contributed by atoms with Crippen molar-refractivity contribution in [1.29, 1.82) is 0 Å². The number of pyridine rings is 1. The fraction of sp³-hybridized carbons (Fsp3) is 0.378. The van der Waals surface area contributed by atoms with Crippen molar-refractivity contribution in [3.63, 3.8) is 0 Å². The van der Waals surface area contributed by atoms with E-state index in [-0.39, 0.29) is 66.4 Å². The van der Waals surface area contributed by atoms with Crippen molar-refractivity contribution in [2.45, 2.75) is 45.3 Å². The highest BCUT2D eigenvalue weighted by Crippen LogP contribution is 2.32. The fourth-order valence-electron chi connectivity index (χ4n) is 5.03. The fourth-order valence-corrected chi connectivity index (χ4v) is 7.76. The second-order valence-electron chi connectivity index (χ2n) is 14.7. The number of alkyl halides is 2. The highest BCUT2D eigenvalue weighted by molar-refractivity contribution is 7.92. The van der Waals surface area contributed by atoms with Gasteiger partial charge in [-0.15, -0.1) is 5.10 Å². The van der Waals surface area contributed by atoms with Crippen molar-refractivity contribution < 1.29 is 68.9 Å². The van der Waals surface area contributed by atoms with E-state index in [1.807, 2.05) is 20.8 Å². The number of ether oxygens (including phenoxy) is 2. The average Bonchev–Trinajstić information content (AvgIpc) is 3.58. The van der Waals surface area contributed by atoms with Crippen LogP contribution in [0.5, 0.6) is 11.8 Å². The van der Waals surface area contributed by atoms with Gasteiger partial charge in [0.25, 0.3) is 15.9 Å². The van der Waals surface area contributed by atoms with Crippen molar-refractivity contribution in [1.82, 2.24) is 59.2 Å². The Morgan fingerprint density at radius 1 is 0.920 bits per heavy atom. The number of carbonyl (C=O) groups excluding carboxylic acids is 2. The van der Waals surface area contributed by atoms with Gasteiger partial charge >= 0.3 is 31.8 Å². The number of aliphatic carboxylic acids is 1. The van der Waals surface area contributed by atoms with Crippen LogP contribution < -0.4 is 45.9 Å². The van der Waals surface area contributed by atoms with Gasteiger partial charge in [0.2, 0.25) is 44.9 Å². The highest BCUT2D eigenvalue weighted by Gasteiger charge is 2.27. The Morgan fingerprint density at radius 3 is 2.01 bits per heavy atom. The zero-order valence-electron chi connectivity index (χ0n) is 40.7. The summed E-state index contributed by atoms with van der Waals surface area (Å²) in [5, 5.41) is 21.5. The van der Waals surface area contributed by atoms with Crippen LogP contribution in [0.4, 0.5) is 37.1 Å². The molecule has 5 aromatic rings. The number of urea groups is 1. The number of carbonyl (C=O) groups is 3. The first-order valence-corrected chi connectivity index (χ1v) is 26.8. The first-order valence-electron chi connectivity index (χ1n) is 20.5. The summed E-state index contributed by atoms with van der Waals surface area (Å²) < 4.78 is 98.0. The molecule has 4 aromatic heterocycles. The minimum Gasteiger partial charge on any atom is -0.481 e. The van der Waals surface area contributed by atoms with E-state index in [1.165, 1.54) is 70.6 Å². The van der Waals surface area contributed by atoms with Crippen LogP contribution in [-0.2, 0) is 29.4 Å². The van der Waals surface area contributed by atoms with Crippen molar-refractivity contribution in [2.75, 3.05) is 74.6 Å². The standard InChI is InChI=1S/C15H18N6O6S.C11H10Cl2F2N4O3S.C8H14ClN5.C3H8NO5P/c1-21(2)13(22)9-6-5-7-16-12(9)28(24,25)20-15(23)19-14-17-10(26-3)8-11(18-14)27-4;1-5-16-19(11(20)18(5)10(14)15)9-4-8(17-23(2,21)22)6(12)3-7(9)13;1-4-10-7-12-6(9)13-8(14-7)11-5(2)3;5-3(6)1-4-2-10(7,8)9/h5-8H,1-4H3,(H2,17,18,19,20,23);3-4,10,17H,1-2H3;5H,4H2,1-3H3,(H2,10,11,12,13,14);4H,1-2H2,(H,5,6)(H2,7,8,9). The van der Waals surface area contributed by atoms with Crippen LogP contribution in [-0.4, -0.2) is 159 Å². The van der Waals surface area contributed by atoms with Crippen LogP contribution in [0.3, 0.4) is 0 Å². The molecule has 0 saturated carbocycles. The predicted molar refractivity (Wildman–Crippen MR) is 269 cm³/mol. The zero-order valence-corrected chi connectivity index (χ0v) is 45.5. The summed E-state index contributed by atoms with van der Waals surface area (Å²) in [6.07, 6.45) is 1.49. The normalized spacial score (nSPS) is 11.1. The van der Waals surface area contributed by atoms with Crippen LogP contribution in [0, 0.1) is 6.92 Å². The second kappa shape index (κ2) is 28.9. The van der Waals surface area contributed by atoms with Gasteiger partial charge in [0.15, 0.2) is 5.03 Å². The lowest BCUT2D eigenvalue weighted by molar-refractivity contribution is -0.135. The molecule has 0 radical (unpaired) electrons. The summed E-state index contributed by atoms with van der Waals surface area (Å²) in [5.74, 6) is -1.04. The zero-order chi connectivity index (χ0) is 57.2. The summed E-state index contributed by atoms with van der Waals surface area (Å²) in [5.41, 5.74) is -1.46. The highest BCUT2D eigenvalue weighted by atomic mass is 35.5. The van der Waals surface area contributed by atoms with Crippen LogP contribution in [0.25, 0.3) is 5.69 Å². The number of aromatic nitrogens is 9. The molecule has 30 nitrogen and oxygen atoms in total. The Bertz CT molecular complexity index is 3120. The number of nitrogens with zero attached hydrogens (tertiary/aromatic N) is 10. The van der Waals surface area contributed by atoms with E-state index >= 15 is 0 Å². The van der Waals surface area contributed by atoms with E-state index in [4.69, 9.17) is 59.2 Å². The number of carboxylic acid groups (broad SMARTS) is 1. The molecule has 0 aliphatic carbocycles. The maximum atomic E-state index is 12.8. The van der Waals surface area contributed by atoms with Gasteiger partial charge in [-0.25, -0.2) is 32.3 Å². The number of nitrogens with one attached hydrogen (secondary N) is 6. The molecule has 414 valence electrons. The summed E-state index contributed by atoms with van der Waals surface area (Å²) in [6.45, 7) is 4.44. The van der Waals surface area contributed by atoms with Gasteiger partial charge in [-0.05, 0) is 63.6 Å². The average molecular weight is 1180 g/mol. The lowest BCUT2D eigenvalue weighted by atomic mass is 10.2. The number of hydrogen-bond acceptors (Lipinski definition) is 21. The molecule has 0 bridgehead atoms. The number of hydrogen-bond donors (Lipinski definition) is 9. The number of carboxylic acids is 1. The number of benzene rings is 1. The molecular formula is C37H50Cl3F2N16O14PS2. The van der Waals surface area contributed by atoms with Gasteiger partial charge in [-0.3, -0.25) is 29.5 Å². The molecule has 4 heterocycles. The number of aryl methyl sites for hydroxylation is 1. The van der Waals surface area contributed by atoms with Crippen LogP contribution in [0.15, 0.2) is 46.3 Å². The van der Waals surface area contributed by atoms with Gasteiger partial charge < -0.3 is 39.9 Å². The van der Waals surface area contributed by atoms with Gasteiger partial charge in [0, 0.05) is 32.9 Å². The quantitative estimate of drug-likeness (QED) is 0.0569. The molecular weight excluding hydrogens is 1130 g/mol. The van der Waals surface area contributed by atoms with Gasteiger partial charge in [-0.1, -0.05) is 23.2 Å². The Hall–Kier alpha value is -6.65. The lowest BCUT2D eigenvalue weighted by Crippen LogP contribution is -2.36. The van der Waals surface area contributed by atoms with E-state index in [2.05, 4.69) is 61.0 Å². The smallest absolute Gasteiger partial charge is 0.355 e. The number of sulfonamides is 2. The first-order chi connectivity index (χ1) is 34.7. The lowest BCUT2D eigenvalue weighted by Gasteiger charge is -2.14. The molecule has 9 N–H and O–H groups in total. The van der Waals surface area contributed by atoms with Crippen LogP contribution in [0.1, 0.15) is 43.5 Å². The second-order valence-corrected chi connectivity index (χ2v) is 20.8. The first kappa shape index (κ1) is 64.5. The SMILES string of the molecule is CCNc1nc(Cl)nc(NC(C)C)n1.COc1cc(OC)nc(NC(=O)NS(=O)(=O)c2ncccc2C(=O)N(C)C)n1.Cc1nn(-c2cc(NS(C)(=O)=O)c(Cl)cc2Cl)c(=O)n1C(F)F.O=C(O)CNCP(=O)(O)O. The molecule has 5 rings (SSSR count). The molecule has 3 amide bonds. The number of methoxy groups -OCH3 is 2. The summed E-state index contributed by atoms with van der Waals surface area (Å²) >= 11 is 17.6. The molecule has 0 aliphatic heterocycles. The van der Waals surface area contributed by atoms with Gasteiger partial charge in [0.1, 0.15) is 5.82 Å². The Balaban J connectivity index is 0.000000366. The molecule has 75 heavy (non-hydrogen) atoms. The Labute approximate surface area is 441 Å². The molecule has 0 spiro atoms. The third kappa shape index (κ3) is 22.0. The summed E-state index contributed by atoms with van der Waals surface area (Å²) in [7, 11) is -6.59. The number of anilines is 4. The minimum atomic E-state index is -4.46. The maximum absolute atomic E-state index is 12.8. The van der Waals surface area contributed by atoms with Crippen LogP contribution >= 0.6 is 42.4 Å². The van der Waals surface area contributed by atoms with E-state index in [0.717, 1.165) is 18.9 Å². The number of halogens is 5. The summed E-state index contributed by atoms with van der Waals surface area (Å²) in [6, 6.07) is 5.48. The molecule has 0 fully saturated rings. The van der Waals surface area contributed by atoms with E-state index in [9.17, 15) is 49.4 Å². The predicted octanol–water partition coefficient (Wildman–Crippen LogP) is 3.09. The summed E-state index contributed by atoms with van der Waals surface area (Å²) in [4.78, 5) is 87.1. The third-order valence-corrected chi connectivity index (χ3v) is 11.2. The largest absolute Gasteiger partial charge is 0.481 e.